The Balaban J connectivity index is 1.32. The second-order valence-electron chi connectivity index (χ2n) is 8.01. The van der Waals surface area contributed by atoms with Gasteiger partial charge in [0.25, 0.3) is 11.9 Å². The number of rotatable bonds is 6. The van der Waals surface area contributed by atoms with Crippen LogP contribution < -0.4 is 20.7 Å². The van der Waals surface area contributed by atoms with Crippen LogP contribution in [-0.4, -0.2) is 22.5 Å². The maximum absolute atomic E-state index is 14.0. The molecule has 0 saturated carbocycles. The molecule has 0 spiro atoms. The summed E-state index contributed by atoms with van der Waals surface area (Å²) in [5.41, 5.74) is 3.46. The third kappa shape index (κ3) is 4.96. The zero-order valence-corrected chi connectivity index (χ0v) is 18.4. The number of fused-ring (bicyclic) bond motifs is 1. The van der Waals surface area contributed by atoms with E-state index in [4.69, 9.17) is 4.74 Å². The van der Waals surface area contributed by atoms with Crippen LogP contribution in [0.2, 0.25) is 0 Å². The number of nitrogens with one attached hydrogen (secondary N) is 3. The maximum atomic E-state index is 14.0. The molecule has 5 rings (SSSR count). The van der Waals surface area contributed by atoms with E-state index in [1.165, 1.54) is 0 Å². The average molecular weight is 479 g/mol. The molecule has 3 N–H and O–H groups in total. The third-order valence-electron chi connectivity index (χ3n) is 5.62. The van der Waals surface area contributed by atoms with Crippen molar-refractivity contribution in [2.45, 2.75) is 19.3 Å². The van der Waals surface area contributed by atoms with Crippen LogP contribution in [0, 0.1) is 17.7 Å². The molecule has 0 bridgehead atoms. The molecule has 7 nitrogen and oxygen atoms in total. The number of benzene rings is 1. The molecule has 10 heteroatoms. The predicted molar refractivity (Wildman–Crippen MR) is 124 cm³/mol. The van der Waals surface area contributed by atoms with Crippen LogP contribution in [0.4, 0.5) is 30.2 Å². The van der Waals surface area contributed by atoms with Gasteiger partial charge in [-0.3, -0.25) is 4.79 Å². The van der Waals surface area contributed by atoms with Crippen molar-refractivity contribution < 1.29 is 22.7 Å². The highest BCUT2D eigenvalue weighted by molar-refractivity contribution is 6.08. The Kier molecular flexibility index (Phi) is 6.09. The first-order valence-corrected chi connectivity index (χ1v) is 10.9. The van der Waals surface area contributed by atoms with E-state index < -0.39 is 17.7 Å². The van der Waals surface area contributed by atoms with Gasteiger partial charge in [0.2, 0.25) is 17.6 Å². The van der Waals surface area contributed by atoms with Gasteiger partial charge in [0.1, 0.15) is 0 Å². The molecule has 0 saturated heterocycles. The summed E-state index contributed by atoms with van der Waals surface area (Å²) in [6.45, 7) is 0.427. The summed E-state index contributed by atoms with van der Waals surface area (Å²) >= 11 is 0. The van der Waals surface area contributed by atoms with E-state index in [2.05, 4.69) is 25.9 Å². The van der Waals surface area contributed by atoms with E-state index in [0.717, 1.165) is 11.6 Å². The Labute approximate surface area is 198 Å². The second kappa shape index (κ2) is 9.49. The zero-order chi connectivity index (χ0) is 24.4. The molecular weight excluding hydrogens is 459 g/mol. The van der Waals surface area contributed by atoms with Crippen LogP contribution >= 0.6 is 0 Å². The number of hydrogen-bond acceptors (Lipinski definition) is 6. The standard InChI is InChI=1S/C25H20F3N5O2/c26-21-13-20(23(27)24(28)33-21)30-15-5-6-16-18(12-15)31-17-7-4-14(11-19(17)32-25(16)34)8-10-35-22-3-1-2-9-29-22/h1-4,7,9,11-13,31H,5-6,8,10H2,(H,30,33)(H,32,34). The van der Waals surface area contributed by atoms with Crippen LogP contribution in [0.25, 0.3) is 0 Å². The summed E-state index contributed by atoms with van der Waals surface area (Å²) in [5.74, 6) is -3.64. The minimum Gasteiger partial charge on any atom is -0.477 e. The molecule has 1 aliphatic carbocycles. The zero-order valence-electron chi connectivity index (χ0n) is 18.4. The van der Waals surface area contributed by atoms with Crippen LogP contribution in [0.5, 0.6) is 5.88 Å². The number of ether oxygens (including phenoxy) is 1. The first-order chi connectivity index (χ1) is 17.0. The second-order valence-corrected chi connectivity index (χ2v) is 8.01. The Bertz CT molecular complexity index is 1360. The Morgan fingerprint density at radius 3 is 2.74 bits per heavy atom. The molecule has 3 heterocycles. The minimum absolute atomic E-state index is 0.254. The maximum Gasteiger partial charge on any atom is 0.253 e. The number of carbonyl (C=O) groups excluding carboxylic acids is 1. The minimum atomic E-state index is -1.52. The van der Waals surface area contributed by atoms with Gasteiger partial charge in [0.15, 0.2) is 0 Å². The van der Waals surface area contributed by atoms with Crippen LogP contribution in [0.1, 0.15) is 18.4 Å². The largest absolute Gasteiger partial charge is 0.477 e. The molecule has 0 unspecified atom stereocenters. The van der Waals surface area contributed by atoms with E-state index in [0.29, 0.717) is 60.1 Å². The van der Waals surface area contributed by atoms with Gasteiger partial charge in [0, 0.05) is 41.7 Å². The molecule has 1 amide bonds. The number of aromatic nitrogens is 2. The van der Waals surface area contributed by atoms with Crippen molar-refractivity contribution in [1.82, 2.24) is 9.97 Å². The van der Waals surface area contributed by atoms with E-state index in [1.807, 2.05) is 30.3 Å². The fourth-order valence-electron chi connectivity index (χ4n) is 3.91. The molecule has 35 heavy (non-hydrogen) atoms. The summed E-state index contributed by atoms with van der Waals surface area (Å²) < 4.78 is 46.6. The lowest BCUT2D eigenvalue weighted by Crippen LogP contribution is -2.18. The van der Waals surface area contributed by atoms with Crippen LogP contribution in [0.3, 0.4) is 0 Å². The van der Waals surface area contributed by atoms with Crippen molar-refractivity contribution in [2.75, 3.05) is 22.6 Å². The summed E-state index contributed by atoms with van der Waals surface area (Å²) in [5, 5.41) is 8.88. The summed E-state index contributed by atoms with van der Waals surface area (Å²) in [7, 11) is 0. The fraction of sp³-hybridized carbons (Fsp3) is 0.160. The van der Waals surface area contributed by atoms with Gasteiger partial charge in [-0.15, -0.1) is 0 Å². The summed E-state index contributed by atoms with van der Waals surface area (Å²) in [4.78, 5) is 19.8. The van der Waals surface area contributed by atoms with Crippen molar-refractivity contribution in [1.29, 1.82) is 0 Å². The Hall–Kier alpha value is -4.34. The number of hydrogen-bond donors (Lipinski definition) is 3. The van der Waals surface area contributed by atoms with Gasteiger partial charge < -0.3 is 20.7 Å². The van der Waals surface area contributed by atoms with Crippen LogP contribution in [-0.2, 0) is 11.2 Å². The molecule has 2 aliphatic rings. The molecule has 0 atom stereocenters. The van der Waals surface area contributed by atoms with E-state index >= 15 is 0 Å². The van der Waals surface area contributed by atoms with Gasteiger partial charge in [-0.25, -0.2) is 4.98 Å². The lowest BCUT2D eigenvalue weighted by Gasteiger charge is -2.20. The normalized spacial score (nSPS) is 14.7. The van der Waals surface area contributed by atoms with Crippen molar-refractivity contribution in [3.8, 4) is 5.88 Å². The Morgan fingerprint density at radius 1 is 1.03 bits per heavy atom. The lowest BCUT2D eigenvalue weighted by molar-refractivity contribution is -0.113. The molecule has 3 aromatic rings. The molecule has 0 fully saturated rings. The molecular formula is C25H20F3N5O2. The molecule has 0 radical (unpaired) electrons. The highest BCUT2D eigenvalue weighted by atomic mass is 19.2. The molecule has 2 aromatic heterocycles. The number of halogens is 3. The number of carbonyl (C=O) groups is 1. The van der Waals surface area contributed by atoms with Crippen molar-refractivity contribution in [2.24, 2.45) is 0 Å². The molecule has 1 aromatic carbocycles. The average Bonchev–Trinajstić information content (AvgIpc) is 2.98. The lowest BCUT2D eigenvalue weighted by atomic mass is 9.99. The number of nitrogens with zero attached hydrogens (tertiary/aromatic N) is 2. The van der Waals surface area contributed by atoms with E-state index in [-0.39, 0.29) is 11.6 Å². The topological polar surface area (TPSA) is 88.2 Å². The van der Waals surface area contributed by atoms with Gasteiger partial charge in [0.05, 0.1) is 23.7 Å². The first kappa shape index (κ1) is 22.5. The quantitative estimate of drug-likeness (QED) is 0.435. The monoisotopic (exact) mass is 479 g/mol. The first-order valence-electron chi connectivity index (χ1n) is 10.9. The third-order valence-corrected chi connectivity index (χ3v) is 5.62. The van der Waals surface area contributed by atoms with Crippen molar-refractivity contribution >= 4 is 23.0 Å². The number of amides is 1. The fourth-order valence-corrected chi connectivity index (χ4v) is 3.91. The van der Waals surface area contributed by atoms with Gasteiger partial charge in [-0.2, -0.15) is 18.2 Å². The molecule has 178 valence electrons. The van der Waals surface area contributed by atoms with Crippen molar-refractivity contribution in [3.05, 3.63) is 95.0 Å². The Morgan fingerprint density at radius 2 is 1.91 bits per heavy atom. The van der Waals surface area contributed by atoms with E-state index in [1.54, 1.807) is 18.3 Å². The highest BCUT2D eigenvalue weighted by Gasteiger charge is 2.25. The van der Waals surface area contributed by atoms with E-state index in [9.17, 15) is 18.0 Å². The SMILES string of the molecule is O=C1Nc2cc(CCOc3ccccn3)ccc2NC2=C1CCC(Nc1cc(F)nc(F)c1F)=C2. The number of anilines is 3. The number of allylic oxidation sites excluding steroid dienone is 2. The molecule has 1 aliphatic heterocycles. The van der Waals surface area contributed by atoms with Gasteiger partial charge in [-0.05, 0) is 42.7 Å². The summed E-state index contributed by atoms with van der Waals surface area (Å²) in [6, 6.07) is 11.9. The van der Waals surface area contributed by atoms with Gasteiger partial charge in [-0.1, -0.05) is 12.1 Å². The highest BCUT2D eigenvalue weighted by Crippen LogP contribution is 2.34. The van der Waals surface area contributed by atoms with Crippen LogP contribution in [0.15, 0.2) is 71.7 Å². The number of pyridine rings is 2. The predicted octanol–water partition coefficient (Wildman–Crippen LogP) is 4.92. The van der Waals surface area contributed by atoms with Crippen molar-refractivity contribution in [3.63, 3.8) is 0 Å². The van der Waals surface area contributed by atoms with Gasteiger partial charge >= 0.3 is 0 Å². The smallest absolute Gasteiger partial charge is 0.253 e. The summed E-state index contributed by atoms with van der Waals surface area (Å²) in [6.07, 6.45) is 4.62.